The molecule has 25 heavy (non-hydrogen) atoms. The molecule has 1 saturated heterocycles. The van der Waals surface area contributed by atoms with Gasteiger partial charge < -0.3 is 9.88 Å². The zero-order valence-electron chi connectivity index (χ0n) is 15.0. The summed E-state index contributed by atoms with van der Waals surface area (Å²) in [6.45, 7) is 3.01. The fourth-order valence-corrected chi connectivity index (χ4v) is 4.11. The van der Waals surface area contributed by atoms with Gasteiger partial charge in [0.1, 0.15) is 0 Å². The number of piperidine rings is 1. The largest absolute Gasteiger partial charge is 0.336 e. The molecule has 0 radical (unpaired) electrons. The van der Waals surface area contributed by atoms with Crippen LogP contribution in [-0.4, -0.2) is 44.2 Å². The van der Waals surface area contributed by atoms with Gasteiger partial charge in [-0.3, -0.25) is 4.90 Å². The van der Waals surface area contributed by atoms with Crippen LogP contribution in [0.2, 0.25) is 0 Å². The molecule has 1 aliphatic heterocycles. The number of hydrogen-bond donors (Lipinski definition) is 1. The second-order valence-corrected chi connectivity index (χ2v) is 7.09. The molecule has 0 unspecified atom stereocenters. The molecule has 1 N–H and O–H groups in total. The number of rotatable bonds is 5. The van der Waals surface area contributed by atoms with E-state index in [1.807, 2.05) is 35.5 Å². The minimum absolute atomic E-state index is 0.428. The third-order valence-corrected chi connectivity index (χ3v) is 5.39. The Morgan fingerprint density at radius 3 is 3.00 bits per heavy atom. The zero-order valence-corrected chi connectivity index (χ0v) is 15.0. The fourth-order valence-electron chi connectivity index (χ4n) is 4.11. The second-order valence-electron chi connectivity index (χ2n) is 7.09. The summed E-state index contributed by atoms with van der Waals surface area (Å²) in [5.74, 6) is 0.594. The molecule has 3 aromatic heterocycles. The Labute approximate surface area is 148 Å². The van der Waals surface area contributed by atoms with Crippen molar-refractivity contribution < 1.29 is 0 Å². The van der Waals surface area contributed by atoms with E-state index in [0.717, 1.165) is 19.6 Å². The van der Waals surface area contributed by atoms with Gasteiger partial charge in [0.2, 0.25) is 0 Å². The highest BCUT2D eigenvalue weighted by molar-refractivity contribution is 5.53. The van der Waals surface area contributed by atoms with Gasteiger partial charge in [0.15, 0.2) is 0 Å². The van der Waals surface area contributed by atoms with Crippen LogP contribution in [0, 0.1) is 5.92 Å². The number of nitrogens with one attached hydrogen (secondary N) is 1. The lowest BCUT2D eigenvalue weighted by molar-refractivity contribution is 0.113. The molecule has 4 heterocycles. The van der Waals surface area contributed by atoms with E-state index < -0.39 is 0 Å². The van der Waals surface area contributed by atoms with Crippen LogP contribution in [0.3, 0.4) is 0 Å². The van der Waals surface area contributed by atoms with Gasteiger partial charge in [-0.25, -0.2) is 9.50 Å². The molecule has 132 valence electrons. The van der Waals surface area contributed by atoms with Crippen LogP contribution in [-0.2, 0) is 13.6 Å². The highest BCUT2D eigenvalue weighted by atomic mass is 15.2. The van der Waals surface area contributed by atoms with E-state index in [0.29, 0.717) is 12.0 Å². The number of pyridine rings is 1. The molecule has 3 aromatic rings. The molecule has 0 spiro atoms. The van der Waals surface area contributed by atoms with Crippen molar-refractivity contribution in [1.82, 2.24) is 29.4 Å². The molecule has 0 aliphatic carbocycles. The number of aromatic nitrogens is 4. The van der Waals surface area contributed by atoms with Crippen molar-refractivity contribution in [1.29, 1.82) is 0 Å². The van der Waals surface area contributed by atoms with Gasteiger partial charge in [0.25, 0.3) is 0 Å². The minimum atomic E-state index is 0.428. The van der Waals surface area contributed by atoms with Gasteiger partial charge >= 0.3 is 0 Å². The van der Waals surface area contributed by atoms with Crippen LogP contribution in [0.25, 0.3) is 5.52 Å². The fraction of sp³-hybridized carbons (Fsp3) is 0.474. The number of aryl methyl sites for hydroxylation is 1. The maximum Gasteiger partial charge on any atom is 0.0946 e. The molecular formula is C19H26N6. The Bertz CT molecular complexity index is 835. The highest BCUT2D eigenvalue weighted by Crippen LogP contribution is 2.34. The number of imidazole rings is 1. The van der Waals surface area contributed by atoms with E-state index in [1.54, 1.807) is 0 Å². The molecule has 6 nitrogen and oxygen atoms in total. The average molecular weight is 338 g/mol. The van der Waals surface area contributed by atoms with Gasteiger partial charge in [-0.1, -0.05) is 6.07 Å². The molecule has 0 aromatic carbocycles. The number of hydrogen-bond acceptors (Lipinski definition) is 4. The molecule has 0 saturated carbocycles. The van der Waals surface area contributed by atoms with Crippen LogP contribution >= 0.6 is 0 Å². The minimum Gasteiger partial charge on any atom is -0.336 e. The lowest BCUT2D eigenvalue weighted by Gasteiger charge is -2.39. The van der Waals surface area contributed by atoms with Gasteiger partial charge in [0, 0.05) is 38.1 Å². The van der Waals surface area contributed by atoms with Crippen molar-refractivity contribution in [2.24, 2.45) is 13.0 Å². The van der Waals surface area contributed by atoms with E-state index in [1.165, 1.54) is 29.6 Å². The molecule has 6 heteroatoms. The van der Waals surface area contributed by atoms with Crippen LogP contribution in [0.15, 0.2) is 43.1 Å². The van der Waals surface area contributed by atoms with Gasteiger partial charge in [0.05, 0.1) is 29.8 Å². The van der Waals surface area contributed by atoms with Crippen molar-refractivity contribution in [2.45, 2.75) is 25.4 Å². The van der Waals surface area contributed by atoms with Gasteiger partial charge in [-0.2, -0.15) is 5.10 Å². The third-order valence-electron chi connectivity index (χ3n) is 5.39. The van der Waals surface area contributed by atoms with Gasteiger partial charge in [-0.15, -0.1) is 0 Å². The van der Waals surface area contributed by atoms with E-state index in [-0.39, 0.29) is 0 Å². The Kier molecular flexibility index (Phi) is 4.55. The first-order chi connectivity index (χ1) is 12.2. The number of likely N-dealkylation sites (tertiary alicyclic amines) is 1. The summed E-state index contributed by atoms with van der Waals surface area (Å²) in [4.78, 5) is 6.80. The Balaban J connectivity index is 1.44. The standard InChI is InChI=1S/C19H26N6/c1-23-8-5-6-15(19(23)18-13-21-14-24(18)2)10-20-11-16-12-22-25-9-4-3-7-17(16)25/h3-4,7,9,12-15,19-20H,5-6,8,10-11H2,1-2H3/t15-,19+/m0/s1. The Morgan fingerprint density at radius 2 is 2.16 bits per heavy atom. The van der Waals surface area contributed by atoms with E-state index in [9.17, 15) is 0 Å². The first-order valence-electron chi connectivity index (χ1n) is 9.02. The lowest BCUT2D eigenvalue weighted by Crippen LogP contribution is -2.41. The van der Waals surface area contributed by atoms with Crippen molar-refractivity contribution in [3.05, 3.63) is 54.4 Å². The molecule has 0 amide bonds. The van der Waals surface area contributed by atoms with Gasteiger partial charge in [-0.05, 0) is 44.5 Å². The van der Waals surface area contributed by atoms with Crippen LogP contribution in [0.1, 0.15) is 30.1 Å². The summed E-state index contributed by atoms with van der Waals surface area (Å²) in [7, 11) is 4.32. The topological polar surface area (TPSA) is 50.4 Å². The third kappa shape index (κ3) is 3.19. The summed E-state index contributed by atoms with van der Waals surface area (Å²) in [6, 6.07) is 6.62. The number of nitrogens with zero attached hydrogens (tertiary/aromatic N) is 5. The SMILES string of the molecule is CN1CCC[C@@H](CNCc2cnn3ccccc23)[C@@H]1c1cncn1C. The monoisotopic (exact) mass is 338 g/mol. The summed E-state index contributed by atoms with van der Waals surface area (Å²) < 4.78 is 4.09. The van der Waals surface area contributed by atoms with E-state index >= 15 is 0 Å². The Hall–Kier alpha value is -2.18. The normalized spacial score (nSPS) is 21.8. The smallest absolute Gasteiger partial charge is 0.0946 e. The zero-order chi connectivity index (χ0) is 17.2. The molecule has 0 bridgehead atoms. The van der Waals surface area contributed by atoms with Crippen molar-refractivity contribution in [3.63, 3.8) is 0 Å². The molecule has 4 rings (SSSR count). The Morgan fingerprint density at radius 1 is 1.24 bits per heavy atom. The predicted molar refractivity (Wildman–Crippen MR) is 98.2 cm³/mol. The van der Waals surface area contributed by atoms with Crippen molar-refractivity contribution in [2.75, 3.05) is 20.1 Å². The lowest BCUT2D eigenvalue weighted by atomic mass is 9.87. The van der Waals surface area contributed by atoms with Crippen LogP contribution in [0.4, 0.5) is 0 Å². The first-order valence-corrected chi connectivity index (χ1v) is 9.02. The highest BCUT2D eigenvalue weighted by Gasteiger charge is 2.31. The average Bonchev–Trinajstić information content (AvgIpc) is 3.22. The summed E-state index contributed by atoms with van der Waals surface area (Å²) >= 11 is 0. The van der Waals surface area contributed by atoms with Crippen molar-refractivity contribution >= 4 is 5.52 Å². The molecular weight excluding hydrogens is 312 g/mol. The van der Waals surface area contributed by atoms with E-state index in [4.69, 9.17) is 0 Å². The maximum atomic E-state index is 4.42. The van der Waals surface area contributed by atoms with Crippen molar-refractivity contribution in [3.8, 4) is 0 Å². The molecule has 1 aliphatic rings. The predicted octanol–water partition coefficient (Wildman–Crippen LogP) is 2.24. The maximum absolute atomic E-state index is 4.42. The molecule has 2 atom stereocenters. The summed E-state index contributed by atoms with van der Waals surface area (Å²) in [5.41, 5.74) is 3.74. The summed E-state index contributed by atoms with van der Waals surface area (Å²) in [6.07, 6.45) is 10.4. The number of fused-ring (bicyclic) bond motifs is 1. The first kappa shape index (κ1) is 16.3. The summed E-state index contributed by atoms with van der Waals surface area (Å²) in [5, 5.41) is 8.09. The second kappa shape index (κ2) is 6.98. The van der Waals surface area contributed by atoms with Crippen LogP contribution in [0.5, 0.6) is 0 Å². The van der Waals surface area contributed by atoms with E-state index in [2.05, 4.69) is 51.1 Å². The molecule has 1 fully saturated rings. The van der Waals surface area contributed by atoms with Crippen LogP contribution < -0.4 is 5.32 Å². The quantitative estimate of drug-likeness (QED) is 0.775.